The topological polar surface area (TPSA) is 29.1 Å². The van der Waals surface area contributed by atoms with Gasteiger partial charge in [0.25, 0.3) is 0 Å². The average Bonchev–Trinajstić information content (AvgIpc) is 2.87. The van der Waals surface area contributed by atoms with Gasteiger partial charge in [0, 0.05) is 24.5 Å². The third kappa shape index (κ3) is 2.62. The molecule has 2 aliphatic rings. The molecule has 1 N–H and O–H groups in total. The van der Waals surface area contributed by atoms with Crippen LogP contribution in [0.4, 0.5) is 0 Å². The van der Waals surface area contributed by atoms with E-state index in [0.29, 0.717) is 12.2 Å². The van der Waals surface area contributed by atoms with Crippen molar-refractivity contribution in [2.24, 2.45) is 0 Å². The Bertz CT molecular complexity index is 452. The largest absolute Gasteiger partial charge is 0.306 e. The first-order valence-corrected chi connectivity index (χ1v) is 7.93. The fraction of sp³-hybridized carbons (Fsp3) is 0.533. The molecule has 1 unspecified atom stereocenters. The number of Topliss-reactive ketones (excluding diaryl/α,β-unsaturated/α-hetero) is 1. The number of rotatable bonds is 3. The molecule has 0 aromatic heterocycles. The van der Waals surface area contributed by atoms with Crippen LogP contribution in [-0.2, 0) is 24.1 Å². The maximum atomic E-state index is 12.2. The average molecular weight is 261 g/mol. The van der Waals surface area contributed by atoms with Gasteiger partial charge in [0.05, 0.1) is 6.04 Å². The summed E-state index contributed by atoms with van der Waals surface area (Å²) < 4.78 is 0. The SMILES string of the molecule is O=C(Cc1ccc2c(c1)CCC2)C1CSCCN1. The Kier molecular flexibility index (Phi) is 3.71. The molecule has 1 fully saturated rings. The van der Waals surface area contributed by atoms with Crippen LogP contribution in [0.1, 0.15) is 23.1 Å². The summed E-state index contributed by atoms with van der Waals surface area (Å²) in [4.78, 5) is 12.2. The number of ketones is 1. The second-order valence-electron chi connectivity index (χ2n) is 5.18. The van der Waals surface area contributed by atoms with E-state index in [1.807, 2.05) is 11.8 Å². The number of nitrogens with one attached hydrogen (secondary N) is 1. The van der Waals surface area contributed by atoms with Gasteiger partial charge in [-0.25, -0.2) is 0 Å². The van der Waals surface area contributed by atoms with Gasteiger partial charge in [-0.1, -0.05) is 18.2 Å². The van der Waals surface area contributed by atoms with Gasteiger partial charge in [-0.2, -0.15) is 11.8 Å². The van der Waals surface area contributed by atoms with Crippen LogP contribution in [-0.4, -0.2) is 29.9 Å². The molecule has 0 bridgehead atoms. The van der Waals surface area contributed by atoms with Crippen molar-refractivity contribution in [3.63, 3.8) is 0 Å². The highest BCUT2D eigenvalue weighted by Gasteiger charge is 2.21. The summed E-state index contributed by atoms with van der Waals surface area (Å²) in [6.45, 7) is 0.964. The van der Waals surface area contributed by atoms with Gasteiger partial charge in [0.2, 0.25) is 0 Å². The number of benzene rings is 1. The summed E-state index contributed by atoms with van der Waals surface area (Å²) in [5, 5.41) is 3.32. The zero-order valence-corrected chi connectivity index (χ0v) is 11.4. The second kappa shape index (κ2) is 5.45. The minimum absolute atomic E-state index is 0.0667. The van der Waals surface area contributed by atoms with E-state index in [2.05, 4.69) is 23.5 Å². The molecule has 3 rings (SSSR count). The van der Waals surface area contributed by atoms with Crippen LogP contribution in [0.3, 0.4) is 0 Å². The molecule has 1 saturated heterocycles. The summed E-state index contributed by atoms with van der Waals surface area (Å²) in [6, 6.07) is 6.67. The standard InChI is InChI=1S/C15H19NOS/c17-15(14-10-18-7-6-16-14)9-11-4-5-12-2-1-3-13(12)8-11/h4-5,8,14,16H,1-3,6-7,9-10H2. The predicted octanol–water partition coefficient (Wildman–Crippen LogP) is 1.99. The molecular weight excluding hydrogens is 242 g/mol. The highest BCUT2D eigenvalue weighted by atomic mass is 32.2. The van der Waals surface area contributed by atoms with Gasteiger partial charge in [0.15, 0.2) is 5.78 Å². The van der Waals surface area contributed by atoms with Crippen LogP contribution < -0.4 is 5.32 Å². The number of carbonyl (C=O) groups is 1. The lowest BCUT2D eigenvalue weighted by molar-refractivity contribution is -0.119. The van der Waals surface area contributed by atoms with Gasteiger partial charge in [0.1, 0.15) is 0 Å². The van der Waals surface area contributed by atoms with E-state index in [0.717, 1.165) is 18.1 Å². The van der Waals surface area contributed by atoms with E-state index >= 15 is 0 Å². The third-order valence-corrected chi connectivity index (χ3v) is 4.91. The number of hydrogen-bond donors (Lipinski definition) is 1. The van der Waals surface area contributed by atoms with Crippen molar-refractivity contribution < 1.29 is 4.79 Å². The molecule has 1 heterocycles. The van der Waals surface area contributed by atoms with Gasteiger partial charge in [-0.05, 0) is 36.0 Å². The van der Waals surface area contributed by atoms with Crippen molar-refractivity contribution in [3.8, 4) is 0 Å². The van der Waals surface area contributed by atoms with Crippen LogP contribution in [0.2, 0.25) is 0 Å². The number of aryl methyl sites for hydroxylation is 2. The van der Waals surface area contributed by atoms with Crippen molar-refractivity contribution in [2.75, 3.05) is 18.1 Å². The number of thioether (sulfide) groups is 1. The Hall–Kier alpha value is -0.800. The molecule has 0 radical (unpaired) electrons. The summed E-state index contributed by atoms with van der Waals surface area (Å²) in [5.41, 5.74) is 4.14. The number of carbonyl (C=O) groups excluding carboxylic acids is 1. The smallest absolute Gasteiger partial charge is 0.154 e. The molecule has 1 aliphatic heterocycles. The summed E-state index contributed by atoms with van der Waals surface area (Å²) >= 11 is 1.88. The Morgan fingerprint density at radius 3 is 3.06 bits per heavy atom. The lowest BCUT2D eigenvalue weighted by atomic mass is 10.0. The number of fused-ring (bicyclic) bond motifs is 1. The van der Waals surface area contributed by atoms with Crippen LogP contribution in [0, 0.1) is 0 Å². The molecule has 0 spiro atoms. The first kappa shape index (κ1) is 12.2. The van der Waals surface area contributed by atoms with E-state index < -0.39 is 0 Å². The highest BCUT2D eigenvalue weighted by Crippen LogP contribution is 2.23. The minimum Gasteiger partial charge on any atom is -0.306 e. The highest BCUT2D eigenvalue weighted by molar-refractivity contribution is 7.99. The van der Waals surface area contributed by atoms with Crippen LogP contribution in [0.5, 0.6) is 0 Å². The quantitative estimate of drug-likeness (QED) is 0.902. The van der Waals surface area contributed by atoms with Gasteiger partial charge in [-0.3, -0.25) is 4.79 Å². The van der Waals surface area contributed by atoms with Crippen molar-refractivity contribution in [1.29, 1.82) is 0 Å². The van der Waals surface area contributed by atoms with Crippen molar-refractivity contribution in [2.45, 2.75) is 31.7 Å². The van der Waals surface area contributed by atoms with E-state index in [1.165, 1.54) is 36.0 Å². The third-order valence-electron chi connectivity index (χ3n) is 3.85. The Labute approximate surface area is 113 Å². The molecule has 1 aliphatic carbocycles. The van der Waals surface area contributed by atoms with Gasteiger partial charge < -0.3 is 5.32 Å². The Morgan fingerprint density at radius 2 is 2.22 bits per heavy atom. The summed E-state index contributed by atoms with van der Waals surface area (Å²) in [6.07, 6.45) is 4.26. The molecule has 1 aromatic carbocycles. The maximum Gasteiger partial charge on any atom is 0.154 e. The maximum absolute atomic E-state index is 12.2. The molecule has 2 nitrogen and oxygen atoms in total. The molecule has 1 aromatic rings. The summed E-state index contributed by atoms with van der Waals surface area (Å²) in [7, 11) is 0. The molecule has 0 saturated carbocycles. The molecule has 3 heteroatoms. The normalized spacial score (nSPS) is 22.8. The van der Waals surface area contributed by atoms with Crippen LogP contribution >= 0.6 is 11.8 Å². The monoisotopic (exact) mass is 261 g/mol. The first-order chi connectivity index (χ1) is 8.83. The number of hydrogen-bond acceptors (Lipinski definition) is 3. The zero-order valence-electron chi connectivity index (χ0n) is 10.6. The first-order valence-electron chi connectivity index (χ1n) is 6.77. The fourth-order valence-corrected chi connectivity index (χ4v) is 3.80. The Morgan fingerprint density at radius 1 is 1.33 bits per heavy atom. The van der Waals surface area contributed by atoms with Crippen molar-refractivity contribution in [1.82, 2.24) is 5.32 Å². The van der Waals surface area contributed by atoms with Gasteiger partial charge >= 0.3 is 0 Å². The molecule has 18 heavy (non-hydrogen) atoms. The molecule has 96 valence electrons. The zero-order chi connectivity index (χ0) is 12.4. The minimum atomic E-state index is 0.0667. The molecular formula is C15H19NOS. The lowest BCUT2D eigenvalue weighted by Gasteiger charge is -2.21. The van der Waals surface area contributed by atoms with E-state index in [1.54, 1.807) is 0 Å². The van der Waals surface area contributed by atoms with Crippen LogP contribution in [0.15, 0.2) is 18.2 Å². The Balaban J connectivity index is 1.66. The summed E-state index contributed by atoms with van der Waals surface area (Å²) in [5.74, 6) is 2.41. The van der Waals surface area contributed by atoms with E-state index in [4.69, 9.17) is 0 Å². The van der Waals surface area contributed by atoms with Crippen molar-refractivity contribution in [3.05, 3.63) is 34.9 Å². The molecule has 0 amide bonds. The fourth-order valence-electron chi connectivity index (χ4n) is 2.83. The lowest BCUT2D eigenvalue weighted by Crippen LogP contribution is -2.44. The van der Waals surface area contributed by atoms with Gasteiger partial charge in [-0.15, -0.1) is 0 Å². The van der Waals surface area contributed by atoms with Crippen molar-refractivity contribution >= 4 is 17.5 Å². The van der Waals surface area contributed by atoms with E-state index in [9.17, 15) is 4.79 Å². The molecule has 1 atom stereocenters. The second-order valence-corrected chi connectivity index (χ2v) is 6.33. The predicted molar refractivity (Wildman–Crippen MR) is 76.3 cm³/mol. The van der Waals surface area contributed by atoms with Crippen LogP contribution in [0.25, 0.3) is 0 Å². The van der Waals surface area contributed by atoms with E-state index in [-0.39, 0.29) is 6.04 Å².